The van der Waals surface area contributed by atoms with Gasteiger partial charge in [0.2, 0.25) is 0 Å². The van der Waals surface area contributed by atoms with Crippen molar-refractivity contribution >= 4 is 31.3 Å². The highest BCUT2D eigenvalue weighted by Crippen LogP contribution is 2.83. The molecule has 0 heterocycles. The number of halogens is 2. The summed E-state index contributed by atoms with van der Waals surface area (Å²) < 4.78 is -0.367. The monoisotopic (exact) mass is 236 g/mol. The summed E-state index contributed by atoms with van der Waals surface area (Å²) in [5.41, 5.74) is 0. The van der Waals surface area contributed by atoms with Crippen molar-refractivity contribution in [2.24, 2.45) is 5.92 Å². The van der Waals surface area contributed by atoms with Crippen molar-refractivity contribution in [1.29, 1.82) is 0 Å². The molecule has 2 atom stereocenters. The molecule has 0 saturated heterocycles. The average Bonchev–Trinajstić information content (AvgIpc) is 2.51. The largest absolute Gasteiger partial charge is 0.125 e. The quantitative estimate of drug-likeness (QED) is 0.467. The second kappa shape index (κ2) is 2.68. The van der Waals surface area contributed by atoms with Crippen LogP contribution in [0, 0.1) is 5.92 Å². The maximum atomic E-state index is 6.46. The zero-order chi connectivity index (χ0) is 9.91. The highest BCUT2D eigenvalue weighted by Gasteiger charge is 2.79. The van der Waals surface area contributed by atoms with E-state index in [4.69, 9.17) is 23.2 Å². The zero-order valence-corrected chi connectivity index (χ0v) is 11.2. The third kappa shape index (κ3) is 1.10. The first kappa shape index (κ1) is 10.3. The van der Waals surface area contributed by atoms with Gasteiger partial charge in [-0.2, -0.15) is 0 Å². The van der Waals surface area contributed by atoms with Gasteiger partial charge >= 0.3 is 0 Å². The van der Waals surface area contributed by atoms with Crippen LogP contribution in [0.5, 0.6) is 0 Å². The fraction of sp³-hybridized carbons (Fsp3) is 1.00. The molecule has 76 valence electrons. The van der Waals surface area contributed by atoms with Crippen LogP contribution in [0.15, 0.2) is 0 Å². The topological polar surface area (TPSA) is 0 Å². The van der Waals surface area contributed by atoms with E-state index in [9.17, 15) is 0 Å². The minimum absolute atomic E-state index is 0.349. The number of rotatable bonds is 1. The molecule has 13 heavy (non-hydrogen) atoms. The predicted octanol–water partition coefficient (Wildman–Crippen LogP) is 4.44. The summed E-state index contributed by atoms with van der Waals surface area (Å²) >= 11 is 12.9. The minimum Gasteiger partial charge on any atom is -0.101 e. The lowest BCUT2D eigenvalue weighted by molar-refractivity contribution is 0.481. The van der Waals surface area contributed by atoms with E-state index in [-0.39, 0.29) is 4.33 Å². The fourth-order valence-electron chi connectivity index (χ4n) is 3.45. The van der Waals surface area contributed by atoms with E-state index in [0.717, 1.165) is 0 Å². The van der Waals surface area contributed by atoms with Crippen molar-refractivity contribution in [3.63, 3.8) is 0 Å². The molecule has 0 nitrogen and oxygen atoms in total. The Labute approximate surface area is 92.0 Å². The molecule has 0 aliphatic heterocycles. The molecule has 0 spiro atoms. The van der Waals surface area contributed by atoms with E-state index < -0.39 is 8.07 Å². The summed E-state index contributed by atoms with van der Waals surface area (Å²) in [7, 11) is -1.21. The van der Waals surface area contributed by atoms with Gasteiger partial charge in [-0.1, -0.05) is 32.5 Å². The molecule has 0 aromatic heterocycles. The molecule has 2 rings (SSSR count). The lowest BCUT2D eigenvalue weighted by atomic mass is 10.0. The van der Waals surface area contributed by atoms with E-state index in [2.05, 4.69) is 19.6 Å². The molecular formula is C10H18Cl2Si. The first-order valence-corrected chi connectivity index (χ1v) is 9.47. The molecule has 2 aliphatic carbocycles. The van der Waals surface area contributed by atoms with Gasteiger partial charge in [0, 0.05) is 5.04 Å². The van der Waals surface area contributed by atoms with Gasteiger partial charge in [-0.15, -0.1) is 23.2 Å². The Bertz CT molecular complexity index is 232. The van der Waals surface area contributed by atoms with Crippen LogP contribution in [-0.2, 0) is 0 Å². The fourth-order valence-corrected chi connectivity index (χ4v) is 9.70. The lowest BCUT2D eigenvalue weighted by Gasteiger charge is -2.33. The van der Waals surface area contributed by atoms with Gasteiger partial charge < -0.3 is 0 Å². The highest BCUT2D eigenvalue weighted by molar-refractivity contribution is 6.84. The molecule has 0 bridgehead atoms. The minimum atomic E-state index is -1.21. The SMILES string of the molecule is C[Si](C)(C)C12CCCCC1C2(Cl)Cl. The first-order valence-electron chi connectivity index (χ1n) is 5.22. The molecule has 2 saturated carbocycles. The third-order valence-corrected chi connectivity index (χ3v) is 9.38. The maximum absolute atomic E-state index is 6.46. The third-order valence-electron chi connectivity index (χ3n) is 4.20. The Morgan fingerprint density at radius 2 is 1.77 bits per heavy atom. The van der Waals surface area contributed by atoms with E-state index in [1.165, 1.54) is 25.7 Å². The Morgan fingerprint density at radius 3 is 2.15 bits per heavy atom. The number of alkyl halides is 2. The molecule has 3 heteroatoms. The summed E-state index contributed by atoms with van der Waals surface area (Å²) in [6.07, 6.45) is 5.21. The molecule has 0 aromatic rings. The number of hydrogen-bond donors (Lipinski definition) is 0. The summed E-state index contributed by atoms with van der Waals surface area (Å²) in [6, 6.07) is 0. The van der Waals surface area contributed by atoms with Crippen LogP contribution >= 0.6 is 23.2 Å². The van der Waals surface area contributed by atoms with Crippen LogP contribution in [0.1, 0.15) is 25.7 Å². The summed E-state index contributed by atoms with van der Waals surface area (Å²) in [5, 5.41) is 0.349. The normalized spacial score (nSPS) is 42.7. The van der Waals surface area contributed by atoms with Crippen LogP contribution in [0.2, 0.25) is 24.7 Å². The predicted molar refractivity (Wildman–Crippen MR) is 62.4 cm³/mol. The molecule has 2 unspecified atom stereocenters. The van der Waals surface area contributed by atoms with Crippen molar-refractivity contribution < 1.29 is 0 Å². The Balaban J connectivity index is 2.32. The van der Waals surface area contributed by atoms with Gasteiger partial charge in [-0.3, -0.25) is 0 Å². The van der Waals surface area contributed by atoms with Crippen LogP contribution in [0.4, 0.5) is 0 Å². The average molecular weight is 237 g/mol. The standard InChI is InChI=1S/C10H18Cl2Si/c1-13(2,3)9-7-5-4-6-8(9)10(9,11)12/h8H,4-7H2,1-3H3. The van der Waals surface area contributed by atoms with Crippen molar-refractivity contribution in [1.82, 2.24) is 0 Å². The van der Waals surface area contributed by atoms with E-state index in [1.54, 1.807) is 0 Å². The van der Waals surface area contributed by atoms with Gasteiger partial charge in [-0.05, 0) is 18.8 Å². The van der Waals surface area contributed by atoms with Gasteiger partial charge in [0.15, 0.2) is 0 Å². The zero-order valence-electron chi connectivity index (χ0n) is 8.66. The second-order valence-corrected chi connectivity index (χ2v) is 12.4. The van der Waals surface area contributed by atoms with Gasteiger partial charge in [-0.25, -0.2) is 0 Å². The first-order chi connectivity index (χ1) is 5.84. The molecule has 0 radical (unpaired) electrons. The van der Waals surface area contributed by atoms with E-state index in [1.807, 2.05) is 0 Å². The van der Waals surface area contributed by atoms with Gasteiger partial charge in [0.25, 0.3) is 0 Å². The Kier molecular flexibility index (Phi) is 2.12. The molecule has 0 aromatic carbocycles. The van der Waals surface area contributed by atoms with Crippen molar-refractivity contribution in [2.45, 2.75) is 54.7 Å². The van der Waals surface area contributed by atoms with Crippen LogP contribution in [0.3, 0.4) is 0 Å². The van der Waals surface area contributed by atoms with Gasteiger partial charge in [0.05, 0.1) is 8.07 Å². The second-order valence-electron chi connectivity index (χ2n) is 5.64. The van der Waals surface area contributed by atoms with Gasteiger partial charge in [0.1, 0.15) is 4.33 Å². The molecule has 0 N–H and O–H groups in total. The molecular weight excluding hydrogens is 219 g/mol. The molecule has 0 amide bonds. The summed E-state index contributed by atoms with van der Waals surface area (Å²) in [4.78, 5) is 0. The molecule has 2 fully saturated rings. The van der Waals surface area contributed by atoms with Crippen molar-refractivity contribution in [3.8, 4) is 0 Å². The lowest BCUT2D eigenvalue weighted by Crippen LogP contribution is -2.34. The summed E-state index contributed by atoms with van der Waals surface area (Å²) in [5.74, 6) is 0.615. The maximum Gasteiger partial charge on any atom is 0.125 e. The highest BCUT2D eigenvalue weighted by atomic mass is 35.5. The summed E-state index contributed by atoms with van der Waals surface area (Å²) in [6.45, 7) is 7.24. The van der Waals surface area contributed by atoms with Crippen molar-refractivity contribution in [2.75, 3.05) is 0 Å². The van der Waals surface area contributed by atoms with Crippen molar-refractivity contribution in [3.05, 3.63) is 0 Å². The molecule has 2 aliphatic rings. The Morgan fingerprint density at radius 1 is 1.15 bits per heavy atom. The smallest absolute Gasteiger partial charge is 0.101 e. The number of fused-ring (bicyclic) bond motifs is 1. The van der Waals surface area contributed by atoms with Crippen LogP contribution in [-0.4, -0.2) is 12.4 Å². The van der Waals surface area contributed by atoms with E-state index in [0.29, 0.717) is 11.0 Å². The van der Waals surface area contributed by atoms with Crippen LogP contribution in [0.25, 0.3) is 0 Å². The Hall–Kier alpha value is 0.797. The van der Waals surface area contributed by atoms with Crippen LogP contribution < -0.4 is 0 Å². The number of hydrogen-bond acceptors (Lipinski definition) is 0. The van der Waals surface area contributed by atoms with E-state index >= 15 is 0 Å².